The third kappa shape index (κ3) is 1.12. The molecule has 5 heteroatoms. The maximum atomic E-state index is 5.78. The summed E-state index contributed by atoms with van der Waals surface area (Å²) in [6, 6.07) is 1.83. The second kappa shape index (κ2) is 2.46. The number of nitrogens with one attached hydrogen (secondary N) is 1. The summed E-state index contributed by atoms with van der Waals surface area (Å²) < 4.78 is 0.708. The van der Waals surface area contributed by atoms with Gasteiger partial charge in [-0.3, -0.25) is 0 Å². The first kappa shape index (κ1) is 7.06. The quantitative estimate of drug-likeness (QED) is 0.709. The molecule has 11 heavy (non-hydrogen) atoms. The van der Waals surface area contributed by atoms with Crippen molar-refractivity contribution in [1.82, 2.24) is 15.0 Å². The first-order valence-electron chi connectivity index (χ1n) is 2.92. The van der Waals surface area contributed by atoms with Crippen molar-refractivity contribution in [2.75, 3.05) is 0 Å². The van der Waals surface area contributed by atoms with E-state index in [-0.39, 0.29) is 0 Å². The number of aromatic amines is 1. The summed E-state index contributed by atoms with van der Waals surface area (Å²) in [6.07, 6.45) is 1.59. The van der Waals surface area contributed by atoms with Gasteiger partial charge in [0.1, 0.15) is 10.1 Å². The highest BCUT2D eigenvalue weighted by Crippen LogP contribution is 2.21. The number of hydrogen-bond donors (Lipinski definition) is 1. The van der Waals surface area contributed by atoms with Crippen LogP contribution in [0, 0.1) is 0 Å². The molecule has 0 aliphatic carbocycles. The zero-order valence-electron chi connectivity index (χ0n) is 5.31. The molecular formula is C6H3BrClN3. The van der Waals surface area contributed by atoms with Gasteiger partial charge in [-0.25, -0.2) is 9.97 Å². The monoisotopic (exact) mass is 231 g/mol. The molecule has 1 N–H and O–H groups in total. The van der Waals surface area contributed by atoms with E-state index in [9.17, 15) is 0 Å². The Morgan fingerprint density at radius 1 is 1.55 bits per heavy atom. The molecule has 0 aliphatic heterocycles. The fraction of sp³-hybridized carbons (Fsp3) is 0. The summed E-state index contributed by atoms with van der Waals surface area (Å²) in [5.41, 5.74) is 1.59. The van der Waals surface area contributed by atoms with Crippen LogP contribution in [0.5, 0.6) is 0 Å². The zero-order chi connectivity index (χ0) is 7.84. The molecule has 3 nitrogen and oxygen atoms in total. The maximum Gasteiger partial charge on any atom is 0.158 e. The van der Waals surface area contributed by atoms with Gasteiger partial charge in [-0.05, 0) is 22.0 Å². The van der Waals surface area contributed by atoms with Gasteiger partial charge in [0.25, 0.3) is 0 Å². The Hall–Kier alpha value is -0.610. The van der Waals surface area contributed by atoms with Crippen molar-refractivity contribution in [3.63, 3.8) is 0 Å². The minimum absolute atomic E-state index is 0.413. The normalized spacial score (nSPS) is 10.7. The third-order valence-corrected chi connectivity index (χ3v) is 2.00. The number of halogens is 2. The summed E-state index contributed by atoms with van der Waals surface area (Å²) in [4.78, 5) is 10.9. The molecule has 0 amide bonds. The van der Waals surface area contributed by atoms with Crippen molar-refractivity contribution in [2.45, 2.75) is 0 Å². The van der Waals surface area contributed by atoms with Gasteiger partial charge in [0.2, 0.25) is 0 Å². The molecule has 2 aromatic heterocycles. The Balaban J connectivity index is 2.91. The Kier molecular flexibility index (Phi) is 1.58. The molecule has 0 unspecified atom stereocenters. The Bertz CT molecular complexity index is 398. The Labute approximate surface area is 75.9 Å². The van der Waals surface area contributed by atoms with E-state index in [1.54, 1.807) is 6.33 Å². The first-order chi connectivity index (χ1) is 5.27. The van der Waals surface area contributed by atoms with Gasteiger partial charge < -0.3 is 4.98 Å². The van der Waals surface area contributed by atoms with Gasteiger partial charge in [-0.1, -0.05) is 11.6 Å². The second-order valence-corrected chi connectivity index (χ2v) is 3.20. The van der Waals surface area contributed by atoms with Crippen molar-refractivity contribution in [2.24, 2.45) is 0 Å². The SMILES string of the molecule is Clc1nc(Br)cc2[nH]cnc12. The van der Waals surface area contributed by atoms with E-state index < -0.39 is 0 Å². The minimum Gasteiger partial charge on any atom is -0.344 e. The predicted molar refractivity (Wildman–Crippen MR) is 46.6 cm³/mol. The van der Waals surface area contributed by atoms with E-state index >= 15 is 0 Å². The van der Waals surface area contributed by atoms with Crippen LogP contribution in [0.25, 0.3) is 11.0 Å². The zero-order valence-corrected chi connectivity index (χ0v) is 7.65. The number of H-pyrrole nitrogens is 1. The van der Waals surface area contributed by atoms with Gasteiger partial charge in [0, 0.05) is 0 Å². The van der Waals surface area contributed by atoms with Gasteiger partial charge in [-0.15, -0.1) is 0 Å². The van der Waals surface area contributed by atoms with Crippen LogP contribution in [0.4, 0.5) is 0 Å². The van der Waals surface area contributed by atoms with Gasteiger partial charge in [0.15, 0.2) is 5.15 Å². The van der Waals surface area contributed by atoms with Crippen molar-refractivity contribution in [3.8, 4) is 0 Å². The van der Waals surface area contributed by atoms with E-state index in [1.807, 2.05) is 6.07 Å². The largest absolute Gasteiger partial charge is 0.344 e. The van der Waals surface area contributed by atoms with Crippen molar-refractivity contribution in [1.29, 1.82) is 0 Å². The Morgan fingerprint density at radius 3 is 3.18 bits per heavy atom. The summed E-state index contributed by atoms with van der Waals surface area (Å²) in [5, 5.41) is 0.413. The van der Waals surface area contributed by atoms with Crippen molar-refractivity contribution >= 4 is 38.6 Å². The van der Waals surface area contributed by atoms with Crippen LogP contribution >= 0.6 is 27.5 Å². The molecule has 0 radical (unpaired) electrons. The maximum absolute atomic E-state index is 5.78. The molecule has 2 heterocycles. The molecular weight excluding hydrogens is 229 g/mol. The van der Waals surface area contributed by atoms with Crippen molar-refractivity contribution in [3.05, 3.63) is 22.1 Å². The lowest BCUT2D eigenvalue weighted by atomic mass is 10.4. The topological polar surface area (TPSA) is 41.6 Å². The number of nitrogens with zero attached hydrogens (tertiary/aromatic N) is 2. The van der Waals surface area contributed by atoms with E-state index in [0.29, 0.717) is 15.3 Å². The van der Waals surface area contributed by atoms with Crippen LogP contribution in [0.1, 0.15) is 0 Å². The van der Waals surface area contributed by atoms with Crippen LogP contribution in [0.3, 0.4) is 0 Å². The van der Waals surface area contributed by atoms with E-state index in [0.717, 1.165) is 5.52 Å². The highest BCUT2D eigenvalue weighted by Gasteiger charge is 2.03. The molecule has 0 aromatic carbocycles. The molecule has 0 saturated carbocycles. The molecule has 0 atom stereocenters. The van der Waals surface area contributed by atoms with E-state index in [2.05, 4.69) is 30.9 Å². The lowest BCUT2D eigenvalue weighted by Gasteiger charge is -1.92. The number of hydrogen-bond acceptors (Lipinski definition) is 2. The predicted octanol–water partition coefficient (Wildman–Crippen LogP) is 2.37. The number of imidazole rings is 1. The van der Waals surface area contributed by atoms with Crippen LogP contribution in [-0.4, -0.2) is 15.0 Å². The highest BCUT2D eigenvalue weighted by molar-refractivity contribution is 9.10. The van der Waals surface area contributed by atoms with Gasteiger partial charge in [-0.2, -0.15) is 0 Å². The summed E-state index contributed by atoms with van der Waals surface area (Å²) >= 11 is 9.00. The summed E-state index contributed by atoms with van der Waals surface area (Å²) in [5.74, 6) is 0. The number of rotatable bonds is 0. The van der Waals surface area contributed by atoms with Crippen LogP contribution in [0.15, 0.2) is 17.0 Å². The third-order valence-electron chi connectivity index (χ3n) is 1.33. The summed E-state index contributed by atoms with van der Waals surface area (Å²) in [6.45, 7) is 0. The summed E-state index contributed by atoms with van der Waals surface area (Å²) in [7, 11) is 0. The minimum atomic E-state index is 0.413. The van der Waals surface area contributed by atoms with Crippen LogP contribution < -0.4 is 0 Å². The fourth-order valence-electron chi connectivity index (χ4n) is 0.877. The average molecular weight is 232 g/mol. The number of pyridine rings is 1. The standard InChI is InChI=1S/C6H3BrClN3/c7-4-1-3-5(6(8)11-4)10-2-9-3/h1-2H,(H,9,10). The van der Waals surface area contributed by atoms with Crippen LogP contribution in [0.2, 0.25) is 5.15 Å². The number of aromatic nitrogens is 3. The first-order valence-corrected chi connectivity index (χ1v) is 4.09. The lowest BCUT2D eigenvalue weighted by Crippen LogP contribution is -1.78. The average Bonchev–Trinajstić information content (AvgIpc) is 2.34. The van der Waals surface area contributed by atoms with Gasteiger partial charge in [0.05, 0.1) is 11.8 Å². The molecule has 0 spiro atoms. The smallest absolute Gasteiger partial charge is 0.158 e. The molecule has 56 valence electrons. The molecule has 0 aliphatic rings. The van der Waals surface area contributed by atoms with E-state index in [4.69, 9.17) is 11.6 Å². The van der Waals surface area contributed by atoms with Crippen LogP contribution in [-0.2, 0) is 0 Å². The highest BCUT2D eigenvalue weighted by atomic mass is 79.9. The molecule has 0 bridgehead atoms. The fourth-order valence-corrected chi connectivity index (χ4v) is 1.63. The van der Waals surface area contributed by atoms with Crippen molar-refractivity contribution < 1.29 is 0 Å². The van der Waals surface area contributed by atoms with E-state index in [1.165, 1.54) is 0 Å². The molecule has 2 aromatic rings. The second-order valence-electron chi connectivity index (χ2n) is 2.03. The lowest BCUT2D eigenvalue weighted by molar-refractivity contribution is 1.29. The van der Waals surface area contributed by atoms with Gasteiger partial charge >= 0.3 is 0 Å². The molecule has 2 rings (SSSR count). The Morgan fingerprint density at radius 2 is 2.36 bits per heavy atom. The number of fused-ring (bicyclic) bond motifs is 1. The molecule has 0 fully saturated rings. The molecule has 0 saturated heterocycles.